The highest BCUT2D eigenvalue weighted by atomic mass is 35.5. The number of carbonyl (C=O) groups is 2. The second kappa shape index (κ2) is 10.5. The van der Waals surface area contributed by atoms with Crippen molar-refractivity contribution in [3.63, 3.8) is 0 Å². The molecule has 0 saturated carbocycles. The molecule has 4 rings (SSSR count). The van der Waals surface area contributed by atoms with E-state index in [-0.39, 0.29) is 24.2 Å². The van der Waals surface area contributed by atoms with E-state index in [0.717, 1.165) is 24.4 Å². The molecule has 34 heavy (non-hydrogen) atoms. The first-order valence-corrected chi connectivity index (χ1v) is 11.7. The number of carbonyl (C=O) groups excluding carboxylic acids is 2. The zero-order valence-electron chi connectivity index (χ0n) is 19.8. The van der Waals surface area contributed by atoms with E-state index in [1.807, 2.05) is 29.2 Å². The number of hydrogen-bond donors (Lipinski definition) is 0. The molecule has 2 aromatic carbocycles. The van der Waals surface area contributed by atoms with Crippen molar-refractivity contribution < 1.29 is 23.8 Å². The van der Waals surface area contributed by atoms with E-state index in [1.54, 1.807) is 38.4 Å². The molecule has 2 amide bonds. The zero-order chi connectivity index (χ0) is 24.2. The lowest BCUT2D eigenvalue weighted by Crippen LogP contribution is -2.50. The average Bonchev–Trinajstić information content (AvgIpc) is 3.25. The molecular formula is C25H30ClN3O5. The molecule has 0 spiro atoms. The summed E-state index contributed by atoms with van der Waals surface area (Å²) in [5.74, 6) is 1.59. The SMILES string of the molecule is COc1ccc(Cl)cc1CN1CCN(C(=O)C2CC(=O)N(c3ccc(OC)c(OC)c3)C2)CC1. The minimum Gasteiger partial charge on any atom is -0.496 e. The molecule has 9 heteroatoms. The standard InChI is InChI=1S/C25H30ClN3O5/c1-32-21-6-4-19(26)12-17(21)15-27-8-10-28(11-9-27)25(31)18-13-24(30)29(16-18)20-5-7-22(33-2)23(14-20)34-3/h4-7,12,14,18H,8-11,13,15-16H2,1-3H3. The summed E-state index contributed by atoms with van der Waals surface area (Å²) in [6, 6.07) is 11.0. The van der Waals surface area contributed by atoms with Gasteiger partial charge in [-0.3, -0.25) is 14.5 Å². The van der Waals surface area contributed by atoms with Crippen LogP contribution >= 0.6 is 11.6 Å². The van der Waals surface area contributed by atoms with Gasteiger partial charge in [0.1, 0.15) is 5.75 Å². The van der Waals surface area contributed by atoms with Crippen molar-refractivity contribution in [3.8, 4) is 17.2 Å². The van der Waals surface area contributed by atoms with Crippen LogP contribution in [0.5, 0.6) is 17.2 Å². The topological polar surface area (TPSA) is 71.6 Å². The lowest BCUT2D eigenvalue weighted by molar-refractivity contribution is -0.137. The lowest BCUT2D eigenvalue weighted by atomic mass is 10.1. The van der Waals surface area contributed by atoms with E-state index in [1.165, 1.54) is 0 Å². The van der Waals surface area contributed by atoms with Gasteiger partial charge in [0, 0.05) is 68.0 Å². The van der Waals surface area contributed by atoms with Crippen molar-refractivity contribution in [1.29, 1.82) is 0 Å². The molecule has 0 aromatic heterocycles. The molecule has 2 aliphatic rings. The third kappa shape index (κ3) is 5.08. The number of halogens is 1. The molecule has 1 unspecified atom stereocenters. The molecular weight excluding hydrogens is 458 g/mol. The average molecular weight is 488 g/mol. The van der Waals surface area contributed by atoms with Gasteiger partial charge in [0.15, 0.2) is 11.5 Å². The third-order valence-electron chi connectivity index (χ3n) is 6.47. The molecule has 2 heterocycles. The molecule has 182 valence electrons. The molecule has 0 N–H and O–H groups in total. The van der Waals surface area contributed by atoms with Gasteiger partial charge >= 0.3 is 0 Å². The van der Waals surface area contributed by atoms with Crippen LogP contribution in [0.1, 0.15) is 12.0 Å². The summed E-state index contributed by atoms with van der Waals surface area (Å²) in [6.07, 6.45) is 0.215. The Morgan fingerprint density at radius 2 is 1.62 bits per heavy atom. The molecule has 2 saturated heterocycles. The number of ether oxygens (including phenoxy) is 3. The van der Waals surface area contributed by atoms with Crippen molar-refractivity contribution in [2.45, 2.75) is 13.0 Å². The number of piperazine rings is 1. The van der Waals surface area contributed by atoms with Crippen LogP contribution in [0.25, 0.3) is 0 Å². The molecule has 0 bridgehead atoms. The van der Waals surface area contributed by atoms with Crippen molar-refractivity contribution >= 4 is 29.1 Å². The van der Waals surface area contributed by atoms with Gasteiger partial charge in [-0.2, -0.15) is 0 Å². The van der Waals surface area contributed by atoms with E-state index in [2.05, 4.69) is 4.90 Å². The summed E-state index contributed by atoms with van der Waals surface area (Å²) in [7, 11) is 4.78. The Hall–Kier alpha value is -2.97. The van der Waals surface area contributed by atoms with Crippen LogP contribution < -0.4 is 19.1 Å². The maximum atomic E-state index is 13.2. The van der Waals surface area contributed by atoms with Gasteiger partial charge in [-0.15, -0.1) is 0 Å². The summed E-state index contributed by atoms with van der Waals surface area (Å²) < 4.78 is 16.1. The maximum absolute atomic E-state index is 13.2. The summed E-state index contributed by atoms with van der Waals surface area (Å²) in [4.78, 5) is 31.7. The predicted octanol–water partition coefficient (Wildman–Crippen LogP) is 3.06. The number of hydrogen-bond acceptors (Lipinski definition) is 6. The predicted molar refractivity (Wildman–Crippen MR) is 130 cm³/mol. The van der Waals surface area contributed by atoms with E-state index >= 15 is 0 Å². The molecule has 2 fully saturated rings. The number of anilines is 1. The van der Waals surface area contributed by atoms with Crippen LogP contribution in [0, 0.1) is 5.92 Å². The number of methoxy groups -OCH3 is 3. The fraction of sp³-hybridized carbons (Fsp3) is 0.440. The third-order valence-corrected chi connectivity index (χ3v) is 6.71. The van der Waals surface area contributed by atoms with Crippen molar-refractivity contribution in [3.05, 3.63) is 47.0 Å². The van der Waals surface area contributed by atoms with E-state index < -0.39 is 0 Å². The van der Waals surface area contributed by atoms with Crippen molar-refractivity contribution in [2.75, 3.05) is 59.0 Å². The van der Waals surface area contributed by atoms with Gasteiger partial charge in [0.05, 0.1) is 27.2 Å². The van der Waals surface area contributed by atoms with Crippen LogP contribution in [0.15, 0.2) is 36.4 Å². The number of rotatable bonds is 7. The lowest BCUT2D eigenvalue weighted by Gasteiger charge is -2.36. The number of benzene rings is 2. The van der Waals surface area contributed by atoms with Crippen LogP contribution in [-0.4, -0.2) is 75.7 Å². The highest BCUT2D eigenvalue weighted by Crippen LogP contribution is 2.34. The Kier molecular flexibility index (Phi) is 7.48. The Morgan fingerprint density at radius 1 is 0.941 bits per heavy atom. The van der Waals surface area contributed by atoms with Gasteiger partial charge in [-0.1, -0.05) is 11.6 Å². The van der Waals surface area contributed by atoms with Crippen molar-refractivity contribution in [2.24, 2.45) is 5.92 Å². The largest absolute Gasteiger partial charge is 0.496 e. The first-order valence-electron chi connectivity index (χ1n) is 11.3. The summed E-state index contributed by atoms with van der Waals surface area (Å²) >= 11 is 6.16. The van der Waals surface area contributed by atoms with Crippen LogP contribution in [0.2, 0.25) is 5.02 Å². The van der Waals surface area contributed by atoms with Gasteiger partial charge in [-0.05, 0) is 30.3 Å². The molecule has 0 radical (unpaired) electrons. The zero-order valence-corrected chi connectivity index (χ0v) is 20.5. The molecule has 1 atom stereocenters. The normalized spacial score (nSPS) is 18.8. The molecule has 2 aromatic rings. The van der Waals surface area contributed by atoms with Gasteiger partial charge < -0.3 is 24.0 Å². The number of amides is 2. The first-order chi connectivity index (χ1) is 16.4. The molecule has 2 aliphatic heterocycles. The van der Waals surface area contributed by atoms with Gasteiger partial charge in [0.25, 0.3) is 0 Å². The summed E-state index contributed by atoms with van der Waals surface area (Å²) in [6.45, 7) is 3.84. The minimum absolute atomic E-state index is 0.0383. The maximum Gasteiger partial charge on any atom is 0.228 e. The van der Waals surface area contributed by atoms with Gasteiger partial charge in [0.2, 0.25) is 11.8 Å². The first kappa shape index (κ1) is 24.2. The summed E-state index contributed by atoms with van der Waals surface area (Å²) in [5.41, 5.74) is 1.74. The molecule has 0 aliphatic carbocycles. The van der Waals surface area contributed by atoms with E-state index in [4.69, 9.17) is 25.8 Å². The fourth-order valence-corrected chi connectivity index (χ4v) is 4.81. The monoisotopic (exact) mass is 487 g/mol. The van der Waals surface area contributed by atoms with Crippen molar-refractivity contribution in [1.82, 2.24) is 9.80 Å². The molecule has 8 nitrogen and oxygen atoms in total. The second-order valence-corrected chi connectivity index (χ2v) is 8.94. The minimum atomic E-state index is -0.347. The Labute approximate surface area is 204 Å². The fourth-order valence-electron chi connectivity index (χ4n) is 4.61. The highest BCUT2D eigenvalue weighted by molar-refractivity contribution is 6.30. The number of nitrogens with zero attached hydrogens (tertiary/aromatic N) is 3. The van der Waals surface area contributed by atoms with Crippen LogP contribution in [-0.2, 0) is 16.1 Å². The van der Waals surface area contributed by atoms with Crippen LogP contribution in [0.4, 0.5) is 5.69 Å². The summed E-state index contributed by atoms with van der Waals surface area (Å²) in [5, 5.41) is 0.676. The Bertz CT molecular complexity index is 1050. The second-order valence-electron chi connectivity index (χ2n) is 8.50. The van der Waals surface area contributed by atoms with Gasteiger partial charge in [-0.25, -0.2) is 0 Å². The smallest absolute Gasteiger partial charge is 0.228 e. The van der Waals surface area contributed by atoms with Crippen LogP contribution in [0.3, 0.4) is 0 Å². The van der Waals surface area contributed by atoms with E-state index in [0.29, 0.717) is 48.4 Å². The Morgan fingerprint density at radius 3 is 2.29 bits per heavy atom. The van der Waals surface area contributed by atoms with E-state index in [9.17, 15) is 9.59 Å². The quantitative estimate of drug-likeness (QED) is 0.597. The Balaban J connectivity index is 1.35. The highest BCUT2D eigenvalue weighted by Gasteiger charge is 2.38.